The van der Waals surface area contributed by atoms with Crippen LogP contribution in [0.15, 0.2) is 218 Å². The van der Waals surface area contributed by atoms with Crippen LogP contribution in [0.25, 0.3) is 84.5 Å². The molecule has 0 unspecified atom stereocenters. The summed E-state index contributed by atoms with van der Waals surface area (Å²) < 4.78 is 5.20. The number of benzene rings is 10. The van der Waals surface area contributed by atoms with Crippen LogP contribution in [0.5, 0.6) is 0 Å². The monoisotopic (exact) mass is 824 g/mol. The van der Waals surface area contributed by atoms with E-state index in [0.29, 0.717) is 0 Å². The van der Waals surface area contributed by atoms with Crippen LogP contribution in [-0.4, -0.2) is 0 Å². The van der Waals surface area contributed by atoms with Crippen molar-refractivity contribution in [3.8, 4) is 33.4 Å². The van der Waals surface area contributed by atoms with Gasteiger partial charge >= 0.3 is 0 Å². The zero-order valence-corrected chi connectivity index (χ0v) is 35.1. The zero-order chi connectivity index (χ0) is 40.7. The quantitative estimate of drug-likeness (QED) is 0.171. The number of para-hydroxylation sites is 1. The van der Waals surface area contributed by atoms with Crippen LogP contribution in [0.2, 0.25) is 0 Å². The summed E-state index contributed by atoms with van der Waals surface area (Å²) in [6.45, 7) is 0. The molecule has 3 heterocycles. The molecule has 0 N–H and O–H groups in total. The smallest absolute Gasteiger partial charge is 0.0618 e. The van der Waals surface area contributed by atoms with Gasteiger partial charge in [-0.05, 0) is 94.4 Å². The maximum Gasteiger partial charge on any atom is 0.0618 e. The van der Waals surface area contributed by atoms with Crippen LogP contribution in [0.1, 0.15) is 0 Å². The van der Waals surface area contributed by atoms with Gasteiger partial charge in [-0.25, -0.2) is 0 Å². The maximum absolute atomic E-state index is 2.48. The molecule has 0 bridgehead atoms. The standard InChI is InChI=1S/C58H36N2S2/c1-2-15-44-38(12-1)26-31-52-46-17-4-3-16-45(46)47-18-5-8-21-53(47)60(58(44)52)40-27-24-37(25-28-40)39-13-11-14-41(34-39)59(42-29-32-50-48-19-6-9-22-54(48)61-56(50)35-42)43-30-33-51-49-20-7-10-23-55(49)62-57(51)36-43/h1-36H. The van der Waals surface area contributed by atoms with Crippen molar-refractivity contribution in [1.29, 1.82) is 0 Å². The third-order valence-electron chi connectivity index (χ3n) is 12.6. The van der Waals surface area contributed by atoms with Gasteiger partial charge in [0, 0.05) is 79.6 Å². The highest BCUT2D eigenvalue weighted by atomic mass is 32.1. The first-order valence-electron chi connectivity index (χ1n) is 21.1. The lowest BCUT2D eigenvalue weighted by atomic mass is 9.93. The van der Waals surface area contributed by atoms with Gasteiger partial charge in [-0.3, -0.25) is 0 Å². The molecule has 0 saturated heterocycles. The first-order valence-corrected chi connectivity index (χ1v) is 22.7. The number of nitrogens with zero attached hydrogens (tertiary/aromatic N) is 2. The van der Waals surface area contributed by atoms with Gasteiger partial charge in [0.2, 0.25) is 0 Å². The van der Waals surface area contributed by atoms with Crippen LogP contribution < -0.4 is 9.80 Å². The van der Waals surface area contributed by atoms with Gasteiger partial charge in [0.25, 0.3) is 0 Å². The Bertz CT molecular complexity index is 3610. The van der Waals surface area contributed by atoms with E-state index in [4.69, 9.17) is 0 Å². The fourth-order valence-electron chi connectivity index (χ4n) is 9.73. The second-order valence-electron chi connectivity index (χ2n) is 16.1. The maximum atomic E-state index is 2.48. The van der Waals surface area contributed by atoms with Crippen molar-refractivity contribution in [3.63, 3.8) is 0 Å². The minimum absolute atomic E-state index is 1.12. The molecule has 1 aliphatic rings. The summed E-state index contributed by atoms with van der Waals surface area (Å²) in [5.74, 6) is 0. The molecule has 0 fully saturated rings. The summed E-state index contributed by atoms with van der Waals surface area (Å²) in [5, 5.41) is 7.68. The van der Waals surface area contributed by atoms with Crippen LogP contribution in [-0.2, 0) is 0 Å². The lowest BCUT2D eigenvalue weighted by molar-refractivity contribution is 1.29. The molecule has 2 nitrogen and oxygen atoms in total. The van der Waals surface area contributed by atoms with E-state index in [2.05, 4.69) is 228 Å². The van der Waals surface area contributed by atoms with Crippen LogP contribution >= 0.6 is 22.7 Å². The average Bonchev–Trinajstić information content (AvgIpc) is 3.86. The molecule has 13 rings (SSSR count). The Labute approximate surface area is 367 Å². The molecular weight excluding hydrogens is 789 g/mol. The van der Waals surface area contributed by atoms with Gasteiger partial charge in [-0.15, -0.1) is 22.7 Å². The Morgan fingerprint density at radius 3 is 1.56 bits per heavy atom. The van der Waals surface area contributed by atoms with Crippen molar-refractivity contribution in [2.24, 2.45) is 0 Å². The van der Waals surface area contributed by atoms with E-state index in [0.717, 1.165) is 22.7 Å². The predicted molar refractivity (Wildman–Crippen MR) is 269 cm³/mol. The highest BCUT2D eigenvalue weighted by Gasteiger charge is 2.27. The fourth-order valence-corrected chi connectivity index (χ4v) is 12.0. The van der Waals surface area contributed by atoms with E-state index >= 15 is 0 Å². The second kappa shape index (κ2) is 14.0. The Morgan fingerprint density at radius 1 is 0.323 bits per heavy atom. The molecule has 0 aliphatic carbocycles. The number of thiophene rings is 2. The molecule has 2 aromatic heterocycles. The van der Waals surface area contributed by atoms with Crippen molar-refractivity contribution in [1.82, 2.24) is 0 Å². The summed E-state index contributed by atoms with van der Waals surface area (Å²) >= 11 is 3.73. The van der Waals surface area contributed by atoms with Gasteiger partial charge in [0.05, 0.1) is 11.4 Å². The van der Waals surface area contributed by atoms with Gasteiger partial charge in [-0.1, -0.05) is 152 Å². The number of anilines is 6. The molecule has 4 heteroatoms. The van der Waals surface area contributed by atoms with Crippen molar-refractivity contribution in [2.45, 2.75) is 0 Å². The Balaban J connectivity index is 0.946. The molecular formula is C58H36N2S2. The summed E-state index contributed by atoms with van der Waals surface area (Å²) in [5.41, 5.74) is 14.2. The molecule has 290 valence electrons. The third kappa shape index (κ3) is 5.54. The fraction of sp³-hybridized carbons (Fsp3) is 0. The highest BCUT2D eigenvalue weighted by molar-refractivity contribution is 7.26. The largest absolute Gasteiger partial charge is 0.310 e. The van der Waals surface area contributed by atoms with Crippen LogP contribution in [0, 0.1) is 0 Å². The number of hydrogen-bond donors (Lipinski definition) is 0. The van der Waals surface area contributed by atoms with Crippen molar-refractivity contribution >= 4 is 108 Å². The lowest BCUT2D eigenvalue weighted by Crippen LogP contribution is -2.11. The minimum atomic E-state index is 1.12. The normalized spacial score (nSPS) is 12.2. The molecule has 0 saturated carbocycles. The first-order chi connectivity index (χ1) is 30.7. The Kier molecular flexibility index (Phi) is 7.99. The predicted octanol–water partition coefficient (Wildman–Crippen LogP) is 17.8. The average molecular weight is 825 g/mol. The van der Waals surface area contributed by atoms with E-state index < -0.39 is 0 Å². The summed E-state index contributed by atoms with van der Waals surface area (Å²) in [6.07, 6.45) is 0. The number of fused-ring (bicyclic) bond motifs is 13. The highest BCUT2D eigenvalue weighted by Crippen LogP contribution is 2.53. The first kappa shape index (κ1) is 35.3. The molecule has 12 aromatic rings. The summed E-state index contributed by atoms with van der Waals surface area (Å²) in [7, 11) is 0. The third-order valence-corrected chi connectivity index (χ3v) is 14.8. The Hall–Kier alpha value is -7.50. The van der Waals surface area contributed by atoms with Crippen molar-refractivity contribution in [3.05, 3.63) is 218 Å². The van der Waals surface area contributed by atoms with E-state index in [9.17, 15) is 0 Å². The van der Waals surface area contributed by atoms with E-state index in [1.54, 1.807) is 0 Å². The van der Waals surface area contributed by atoms with Crippen LogP contribution in [0.4, 0.5) is 34.1 Å². The minimum Gasteiger partial charge on any atom is -0.310 e. The summed E-state index contributed by atoms with van der Waals surface area (Å²) in [6, 6.07) is 80.6. The zero-order valence-electron chi connectivity index (χ0n) is 33.5. The number of rotatable bonds is 5. The van der Waals surface area contributed by atoms with E-state index in [1.807, 2.05) is 22.7 Å². The van der Waals surface area contributed by atoms with E-state index in [-0.39, 0.29) is 0 Å². The number of hydrogen-bond acceptors (Lipinski definition) is 4. The molecule has 0 atom stereocenters. The van der Waals surface area contributed by atoms with Gasteiger partial charge < -0.3 is 9.80 Å². The molecule has 0 radical (unpaired) electrons. The van der Waals surface area contributed by atoms with Crippen molar-refractivity contribution in [2.75, 3.05) is 9.80 Å². The molecule has 62 heavy (non-hydrogen) atoms. The topological polar surface area (TPSA) is 6.48 Å². The van der Waals surface area contributed by atoms with E-state index in [1.165, 1.54) is 95.9 Å². The molecule has 0 spiro atoms. The molecule has 0 amide bonds. The van der Waals surface area contributed by atoms with Gasteiger partial charge in [0.15, 0.2) is 0 Å². The lowest BCUT2D eigenvalue weighted by Gasteiger charge is -2.29. The molecule has 1 aliphatic heterocycles. The van der Waals surface area contributed by atoms with Crippen LogP contribution in [0.3, 0.4) is 0 Å². The SMILES string of the molecule is c1cc(-c2ccc(N3c4ccccc4-c4ccccc4-c4ccc5ccccc5c43)cc2)cc(N(c2ccc3c(c2)sc2ccccc23)c2ccc3c(c2)sc2ccccc23)c1. The molecule has 10 aromatic carbocycles. The summed E-state index contributed by atoms with van der Waals surface area (Å²) in [4.78, 5) is 4.91. The van der Waals surface area contributed by atoms with Crippen molar-refractivity contribution < 1.29 is 0 Å². The van der Waals surface area contributed by atoms with Gasteiger partial charge in [0.1, 0.15) is 0 Å². The Morgan fingerprint density at radius 2 is 0.871 bits per heavy atom. The second-order valence-corrected chi connectivity index (χ2v) is 18.2. The van der Waals surface area contributed by atoms with Gasteiger partial charge in [-0.2, -0.15) is 0 Å².